The number of ether oxygens (including phenoxy) is 1. The molecule has 10 heteroatoms. The lowest BCUT2D eigenvalue weighted by atomic mass is 9.96. The molecule has 0 bridgehead atoms. The Kier molecular flexibility index (Phi) is 6.88. The third-order valence-corrected chi connectivity index (χ3v) is 9.16. The van der Waals surface area contributed by atoms with Gasteiger partial charge in [0.25, 0.3) is 0 Å². The number of piperidine rings is 1. The number of hydrogen-bond acceptors (Lipinski definition) is 7. The highest BCUT2D eigenvalue weighted by molar-refractivity contribution is 7.92. The fraction of sp³-hybridized carbons (Fsp3) is 0.333. The monoisotopic (exact) mass is 537 g/mol. The van der Waals surface area contributed by atoms with Gasteiger partial charge in [0.15, 0.2) is 0 Å². The molecule has 0 aliphatic carbocycles. The van der Waals surface area contributed by atoms with Crippen LogP contribution in [0.2, 0.25) is 5.02 Å². The highest BCUT2D eigenvalue weighted by Crippen LogP contribution is 2.43. The summed E-state index contributed by atoms with van der Waals surface area (Å²) < 4.78 is 31.4. The quantitative estimate of drug-likeness (QED) is 0.470. The van der Waals surface area contributed by atoms with Gasteiger partial charge in [-0.25, -0.2) is 13.4 Å². The third kappa shape index (κ3) is 4.91. The van der Waals surface area contributed by atoms with Crippen molar-refractivity contribution in [1.29, 1.82) is 5.26 Å². The number of nitriles is 1. The number of halogens is 1. The van der Waals surface area contributed by atoms with Crippen LogP contribution < -0.4 is 19.3 Å². The number of nitrogens with one attached hydrogen (secondary N) is 1. The molecule has 192 valence electrons. The number of sulfonamides is 1. The molecular formula is C27H28ClN5O3S. The number of methoxy groups -OCH3 is 1. The number of anilines is 3. The van der Waals surface area contributed by atoms with Gasteiger partial charge in [0.2, 0.25) is 10.0 Å². The van der Waals surface area contributed by atoms with Gasteiger partial charge in [-0.2, -0.15) is 5.26 Å². The Hall–Kier alpha value is -3.48. The first kappa shape index (κ1) is 25.2. The minimum atomic E-state index is -3.34. The van der Waals surface area contributed by atoms with E-state index in [0.717, 1.165) is 46.5 Å². The fourth-order valence-electron chi connectivity index (χ4n) is 4.90. The Morgan fingerprint density at radius 1 is 1.19 bits per heavy atom. The lowest BCUT2D eigenvalue weighted by molar-refractivity contribution is 0.414. The molecule has 0 atom stereocenters. The summed E-state index contributed by atoms with van der Waals surface area (Å²) in [6, 6.07) is 15.8. The molecule has 2 aliphatic rings. The van der Waals surface area contributed by atoms with Gasteiger partial charge < -0.3 is 15.0 Å². The van der Waals surface area contributed by atoms with Gasteiger partial charge >= 0.3 is 0 Å². The van der Waals surface area contributed by atoms with Gasteiger partial charge in [-0.05, 0) is 53.8 Å². The minimum absolute atomic E-state index is 0.0295. The summed E-state index contributed by atoms with van der Waals surface area (Å²) in [6.07, 6.45) is 3.32. The molecule has 5 rings (SSSR count). The van der Waals surface area contributed by atoms with E-state index in [2.05, 4.69) is 21.3 Å². The second-order valence-corrected chi connectivity index (χ2v) is 11.7. The van der Waals surface area contributed by atoms with E-state index in [0.29, 0.717) is 36.2 Å². The lowest BCUT2D eigenvalue weighted by Gasteiger charge is -2.33. The maximum Gasteiger partial charge on any atom is 0.239 e. The zero-order valence-electron chi connectivity index (χ0n) is 20.7. The van der Waals surface area contributed by atoms with Crippen molar-refractivity contribution in [2.24, 2.45) is 5.92 Å². The third-order valence-electron chi connectivity index (χ3n) is 7.09. The first-order chi connectivity index (χ1) is 17.8. The van der Waals surface area contributed by atoms with E-state index < -0.39 is 10.0 Å². The summed E-state index contributed by atoms with van der Waals surface area (Å²) >= 11 is 7.01. The van der Waals surface area contributed by atoms with Gasteiger partial charge in [0.1, 0.15) is 16.6 Å². The zero-order chi connectivity index (χ0) is 26.2. The van der Waals surface area contributed by atoms with Crippen LogP contribution in [0.1, 0.15) is 24.0 Å². The van der Waals surface area contributed by atoms with Crippen LogP contribution in [0.5, 0.6) is 5.75 Å². The maximum absolute atomic E-state index is 12.4. The van der Waals surface area contributed by atoms with E-state index in [1.165, 1.54) is 4.31 Å². The normalized spacial score (nSPS) is 16.8. The van der Waals surface area contributed by atoms with Crippen molar-refractivity contribution in [3.05, 3.63) is 64.8 Å². The number of nitrogens with zero attached hydrogens (tertiary/aromatic N) is 4. The first-order valence-electron chi connectivity index (χ1n) is 12.1. The Balaban J connectivity index is 1.50. The first-order valence-corrected chi connectivity index (χ1v) is 14.1. The van der Waals surface area contributed by atoms with E-state index >= 15 is 0 Å². The van der Waals surface area contributed by atoms with E-state index in [1.54, 1.807) is 20.4 Å². The molecule has 3 aromatic rings. The van der Waals surface area contributed by atoms with E-state index in [9.17, 15) is 13.7 Å². The van der Waals surface area contributed by atoms with Crippen LogP contribution in [-0.4, -0.2) is 40.6 Å². The number of benzene rings is 2. The number of pyridine rings is 1. The predicted molar refractivity (Wildman–Crippen MR) is 147 cm³/mol. The Labute approximate surface area is 222 Å². The van der Waals surface area contributed by atoms with Crippen LogP contribution in [0, 0.1) is 17.2 Å². The smallest absolute Gasteiger partial charge is 0.239 e. The summed E-state index contributed by atoms with van der Waals surface area (Å²) in [5.74, 6) is 1.37. The predicted octanol–water partition coefficient (Wildman–Crippen LogP) is 5.04. The summed E-state index contributed by atoms with van der Waals surface area (Å²) in [6.45, 7) is 1.94. The molecule has 1 saturated heterocycles. The van der Waals surface area contributed by atoms with E-state index in [1.807, 2.05) is 42.5 Å². The van der Waals surface area contributed by atoms with Crippen LogP contribution in [0.15, 0.2) is 48.7 Å². The van der Waals surface area contributed by atoms with Gasteiger partial charge in [-0.1, -0.05) is 29.8 Å². The Morgan fingerprint density at radius 3 is 2.59 bits per heavy atom. The van der Waals surface area contributed by atoms with Crippen molar-refractivity contribution in [2.75, 3.05) is 41.8 Å². The molecular weight excluding hydrogens is 510 g/mol. The van der Waals surface area contributed by atoms with Gasteiger partial charge in [0, 0.05) is 44.4 Å². The summed E-state index contributed by atoms with van der Waals surface area (Å²) in [5.41, 5.74) is 5.05. The molecule has 37 heavy (non-hydrogen) atoms. The zero-order valence-corrected chi connectivity index (χ0v) is 22.3. The van der Waals surface area contributed by atoms with Crippen LogP contribution in [-0.2, 0) is 22.3 Å². The van der Waals surface area contributed by atoms with Gasteiger partial charge in [-0.15, -0.1) is 0 Å². The average Bonchev–Trinajstić information content (AvgIpc) is 3.15. The van der Waals surface area contributed by atoms with Crippen molar-refractivity contribution >= 4 is 38.8 Å². The van der Waals surface area contributed by atoms with Crippen molar-refractivity contribution in [3.8, 4) is 22.9 Å². The molecule has 0 unspecified atom stereocenters. The molecule has 2 aromatic carbocycles. The van der Waals surface area contributed by atoms with E-state index in [4.69, 9.17) is 16.3 Å². The molecule has 0 spiro atoms. The molecule has 0 amide bonds. The number of aromatic nitrogens is 1. The van der Waals surface area contributed by atoms with Crippen molar-refractivity contribution in [2.45, 2.75) is 25.1 Å². The second-order valence-electron chi connectivity index (χ2n) is 9.34. The molecule has 8 nitrogen and oxygen atoms in total. The largest absolute Gasteiger partial charge is 0.497 e. The highest BCUT2D eigenvalue weighted by Gasteiger charge is 2.31. The topological polar surface area (TPSA) is 98.6 Å². The van der Waals surface area contributed by atoms with Gasteiger partial charge in [0.05, 0.1) is 30.3 Å². The second kappa shape index (κ2) is 10.1. The maximum atomic E-state index is 12.4. The van der Waals surface area contributed by atoms with Crippen LogP contribution in [0.3, 0.4) is 0 Å². The van der Waals surface area contributed by atoms with Crippen LogP contribution in [0.4, 0.5) is 17.2 Å². The van der Waals surface area contributed by atoms with E-state index in [-0.39, 0.29) is 11.7 Å². The SMILES string of the molecule is COc1ccc(CNc2ncc(-c3ccc4c(c3)CS(=O)(=O)N4C)c(N3CCC(C#N)CC3)c2Cl)cc1. The number of rotatable bonds is 6. The lowest BCUT2D eigenvalue weighted by Crippen LogP contribution is -2.34. The number of fused-ring (bicyclic) bond motifs is 1. The minimum Gasteiger partial charge on any atom is -0.497 e. The summed E-state index contributed by atoms with van der Waals surface area (Å²) in [5, 5.41) is 13.2. The molecule has 0 saturated carbocycles. The standard InChI is InChI=1S/C27H28ClN5O3S/c1-32-24-8-5-20(13-21(24)17-37(32,34)35)23-16-31-27(30-15-19-3-6-22(36-2)7-4-19)25(28)26(23)33-11-9-18(14-29)10-12-33/h3-8,13,16,18H,9-12,15,17H2,1-2H3,(H,30,31). The van der Waals surface area contributed by atoms with Gasteiger partial charge in [-0.3, -0.25) is 4.31 Å². The Morgan fingerprint density at radius 2 is 1.92 bits per heavy atom. The molecule has 1 N–H and O–H groups in total. The van der Waals surface area contributed by atoms with Crippen molar-refractivity contribution < 1.29 is 13.2 Å². The molecule has 1 aromatic heterocycles. The van der Waals surface area contributed by atoms with Crippen molar-refractivity contribution in [3.63, 3.8) is 0 Å². The van der Waals surface area contributed by atoms with Crippen LogP contribution in [0.25, 0.3) is 11.1 Å². The average molecular weight is 538 g/mol. The molecule has 0 radical (unpaired) electrons. The molecule has 2 aliphatic heterocycles. The molecule has 1 fully saturated rings. The fourth-order valence-corrected chi connectivity index (χ4v) is 6.53. The highest BCUT2D eigenvalue weighted by atomic mass is 35.5. The van der Waals surface area contributed by atoms with Crippen LogP contribution >= 0.6 is 11.6 Å². The summed E-state index contributed by atoms with van der Waals surface area (Å²) in [4.78, 5) is 6.86. The van der Waals surface area contributed by atoms with Crippen molar-refractivity contribution in [1.82, 2.24) is 4.98 Å². The Bertz CT molecular complexity index is 1460. The molecule has 3 heterocycles. The summed E-state index contributed by atoms with van der Waals surface area (Å²) in [7, 11) is -0.130. The number of hydrogen-bond donors (Lipinski definition) is 1.